The molecule has 2 unspecified atom stereocenters. The smallest absolute Gasteiger partial charge is 0.150 e. The van der Waals surface area contributed by atoms with Gasteiger partial charge in [-0.1, -0.05) is 26.7 Å². The Morgan fingerprint density at radius 3 is 2.35 bits per heavy atom. The molecule has 17 heavy (non-hydrogen) atoms. The van der Waals surface area contributed by atoms with E-state index in [0.29, 0.717) is 23.5 Å². The molecule has 1 aliphatic rings. The Morgan fingerprint density at radius 1 is 1.29 bits per heavy atom. The van der Waals surface area contributed by atoms with Crippen LogP contribution in [-0.2, 0) is 9.84 Å². The maximum absolute atomic E-state index is 11.4. The van der Waals surface area contributed by atoms with E-state index in [-0.39, 0.29) is 0 Å². The van der Waals surface area contributed by atoms with E-state index in [9.17, 15) is 8.42 Å². The summed E-state index contributed by atoms with van der Waals surface area (Å²) in [6.45, 7) is 4.47. The summed E-state index contributed by atoms with van der Waals surface area (Å²) in [4.78, 5) is 0. The van der Waals surface area contributed by atoms with E-state index in [1.165, 1.54) is 19.3 Å². The topological polar surface area (TPSA) is 46.2 Å². The van der Waals surface area contributed by atoms with E-state index < -0.39 is 9.84 Å². The van der Waals surface area contributed by atoms with Gasteiger partial charge in [0.1, 0.15) is 0 Å². The molecule has 0 radical (unpaired) electrons. The molecular weight excluding hydrogens is 234 g/mol. The fourth-order valence-electron chi connectivity index (χ4n) is 2.82. The average Bonchev–Trinajstić information content (AvgIpc) is 2.64. The van der Waals surface area contributed by atoms with E-state index in [2.05, 4.69) is 19.2 Å². The van der Waals surface area contributed by atoms with Crippen molar-refractivity contribution in [1.29, 1.82) is 0 Å². The summed E-state index contributed by atoms with van der Waals surface area (Å²) in [5.74, 6) is 1.96. The summed E-state index contributed by atoms with van der Waals surface area (Å²) < 4.78 is 22.8. The molecule has 1 heterocycles. The third-order valence-electron chi connectivity index (χ3n) is 4.13. The van der Waals surface area contributed by atoms with E-state index in [4.69, 9.17) is 0 Å². The first-order valence-corrected chi connectivity index (χ1v) is 8.70. The van der Waals surface area contributed by atoms with Crippen molar-refractivity contribution in [3.05, 3.63) is 0 Å². The van der Waals surface area contributed by atoms with Gasteiger partial charge in [0.05, 0.1) is 11.5 Å². The maximum atomic E-state index is 11.4. The van der Waals surface area contributed by atoms with Crippen LogP contribution in [0, 0.1) is 11.8 Å². The van der Waals surface area contributed by atoms with Gasteiger partial charge in [-0.3, -0.25) is 0 Å². The van der Waals surface area contributed by atoms with Crippen molar-refractivity contribution in [2.45, 2.75) is 52.0 Å². The predicted molar refractivity (Wildman–Crippen MR) is 72.9 cm³/mol. The van der Waals surface area contributed by atoms with Crippen molar-refractivity contribution in [3.63, 3.8) is 0 Å². The summed E-state index contributed by atoms with van der Waals surface area (Å²) in [7, 11) is -0.720. The first-order chi connectivity index (χ1) is 8.00. The summed E-state index contributed by atoms with van der Waals surface area (Å²) in [5, 5.41) is 3.36. The molecular formula is C13H27NO2S. The SMILES string of the molecule is CCC(CC)CC(CC1CCS(=O)(=O)C1)NC. The fourth-order valence-corrected chi connectivity index (χ4v) is 4.70. The first-order valence-electron chi connectivity index (χ1n) is 6.88. The van der Waals surface area contributed by atoms with Crippen LogP contribution in [0.25, 0.3) is 0 Å². The standard InChI is InChI=1S/C13H27NO2S/c1-4-11(5-2)8-13(14-3)9-12-6-7-17(15,16)10-12/h11-14H,4-10H2,1-3H3. The Hall–Kier alpha value is -0.0900. The largest absolute Gasteiger partial charge is 0.317 e. The number of rotatable bonds is 7. The minimum absolute atomic E-state index is 0.381. The molecule has 1 saturated heterocycles. The van der Waals surface area contributed by atoms with Gasteiger partial charge in [-0.25, -0.2) is 8.42 Å². The Balaban J connectivity index is 2.42. The highest BCUT2D eigenvalue weighted by Gasteiger charge is 2.29. The highest BCUT2D eigenvalue weighted by atomic mass is 32.2. The molecule has 2 atom stereocenters. The molecule has 0 saturated carbocycles. The van der Waals surface area contributed by atoms with Gasteiger partial charge >= 0.3 is 0 Å². The Labute approximate surface area is 106 Å². The maximum Gasteiger partial charge on any atom is 0.150 e. The molecule has 4 heteroatoms. The van der Waals surface area contributed by atoms with Gasteiger partial charge in [0, 0.05) is 6.04 Å². The predicted octanol–water partition coefficient (Wildman–Crippen LogP) is 2.23. The minimum Gasteiger partial charge on any atom is -0.317 e. The van der Waals surface area contributed by atoms with E-state index in [0.717, 1.165) is 18.8 Å². The molecule has 0 aromatic heterocycles. The third kappa shape index (κ3) is 4.96. The van der Waals surface area contributed by atoms with Crippen LogP contribution in [-0.4, -0.2) is 33.0 Å². The van der Waals surface area contributed by atoms with Gasteiger partial charge in [0.15, 0.2) is 9.84 Å². The normalized spacial score (nSPS) is 25.3. The lowest BCUT2D eigenvalue weighted by Gasteiger charge is -2.23. The molecule has 3 nitrogen and oxygen atoms in total. The van der Waals surface area contributed by atoms with Gasteiger partial charge in [0.25, 0.3) is 0 Å². The Bertz CT molecular complexity index is 309. The quantitative estimate of drug-likeness (QED) is 0.764. The van der Waals surface area contributed by atoms with Gasteiger partial charge in [0.2, 0.25) is 0 Å². The molecule has 0 aliphatic carbocycles. The number of nitrogens with one attached hydrogen (secondary N) is 1. The molecule has 1 fully saturated rings. The van der Waals surface area contributed by atoms with Gasteiger partial charge in [-0.05, 0) is 38.1 Å². The second-order valence-electron chi connectivity index (χ2n) is 5.41. The monoisotopic (exact) mass is 261 g/mol. The fraction of sp³-hybridized carbons (Fsp3) is 1.00. The van der Waals surface area contributed by atoms with Crippen LogP contribution in [0.2, 0.25) is 0 Å². The van der Waals surface area contributed by atoms with Crippen molar-refractivity contribution in [2.24, 2.45) is 11.8 Å². The number of hydrogen-bond acceptors (Lipinski definition) is 3. The minimum atomic E-state index is -2.72. The van der Waals surface area contributed by atoms with Crippen molar-refractivity contribution in [1.82, 2.24) is 5.32 Å². The van der Waals surface area contributed by atoms with E-state index in [1.54, 1.807) is 0 Å². The molecule has 1 aliphatic heterocycles. The van der Waals surface area contributed by atoms with Crippen molar-refractivity contribution < 1.29 is 8.42 Å². The number of hydrogen-bond donors (Lipinski definition) is 1. The zero-order chi connectivity index (χ0) is 12.9. The summed E-state index contributed by atoms with van der Waals surface area (Å²) in [6, 6.07) is 0.484. The first kappa shape index (κ1) is 15.0. The zero-order valence-corrected chi connectivity index (χ0v) is 12.2. The van der Waals surface area contributed by atoms with Crippen molar-refractivity contribution in [3.8, 4) is 0 Å². The van der Waals surface area contributed by atoms with Gasteiger partial charge < -0.3 is 5.32 Å². The van der Waals surface area contributed by atoms with Crippen LogP contribution in [0.5, 0.6) is 0 Å². The molecule has 1 N–H and O–H groups in total. The second kappa shape index (κ2) is 6.74. The highest BCUT2D eigenvalue weighted by Crippen LogP contribution is 2.26. The lowest BCUT2D eigenvalue weighted by molar-refractivity contribution is 0.333. The summed E-state index contributed by atoms with van der Waals surface area (Å²) >= 11 is 0. The third-order valence-corrected chi connectivity index (χ3v) is 5.96. The Kier molecular flexibility index (Phi) is 5.93. The van der Waals surface area contributed by atoms with Crippen LogP contribution in [0.15, 0.2) is 0 Å². The van der Waals surface area contributed by atoms with Crippen molar-refractivity contribution in [2.75, 3.05) is 18.6 Å². The molecule has 0 spiro atoms. The second-order valence-corrected chi connectivity index (χ2v) is 7.64. The molecule has 1 rings (SSSR count). The molecule has 0 aromatic carbocycles. The van der Waals surface area contributed by atoms with E-state index in [1.807, 2.05) is 7.05 Å². The van der Waals surface area contributed by atoms with Crippen LogP contribution in [0.3, 0.4) is 0 Å². The number of sulfone groups is 1. The Morgan fingerprint density at radius 2 is 1.94 bits per heavy atom. The summed E-state index contributed by atoms with van der Waals surface area (Å²) in [5.41, 5.74) is 0. The summed E-state index contributed by atoms with van der Waals surface area (Å²) in [6.07, 6.45) is 5.50. The zero-order valence-electron chi connectivity index (χ0n) is 11.4. The lowest BCUT2D eigenvalue weighted by Crippen LogP contribution is -2.30. The molecule has 102 valence electrons. The van der Waals surface area contributed by atoms with Gasteiger partial charge in [-0.15, -0.1) is 0 Å². The van der Waals surface area contributed by atoms with Crippen LogP contribution in [0.4, 0.5) is 0 Å². The molecule has 0 bridgehead atoms. The van der Waals surface area contributed by atoms with Gasteiger partial charge in [-0.2, -0.15) is 0 Å². The average molecular weight is 261 g/mol. The molecule has 0 aromatic rings. The van der Waals surface area contributed by atoms with E-state index >= 15 is 0 Å². The lowest BCUT2D eigenvalue weighted by atomic mass is 9.89. The van der Waals surface area contributed by atoms with Crippen molar-refractivity contribution >= 4 is 9.84 Å². The highest BCUT2D eigenvalue weighted by molar-refractivity contribution is 7.91. The van der Waals surface area contributed by atoms with Crippen LogP contribution in [0.1, 0.15) is 46.0 Å². The van der Waals surface area contributed by atoms with Crippen LogP contribution >= 0.6 is 0 Å². The van der Waals surface area contributed by atoms with Crippen LogP contribution < -0.4 is 5.32 Å². The molecule has 0 amide bonds.